The Morgan fingerprint density at radius 3 is 2.56 bits per heavy atom. The summed E-state index contributed by atoms with van der Waals surface area (Å²) in [5.74, 6) is 0.586. The third kappa shape index (κ3) is 5.06. The lowest BCUT2D eigenvalue weighted by atomic mass is 10.1. The third-order valence-corrected chi connectivity index (χ3v) is 3.62. The molecule has 6 nitrogen and oxygen atoms in total. The first-order chi connectivity index (χ1) is 12.1. The predicted molar refractivity (Wildman–Crippen MR) is 93.9 cm³/mol. The van der Waals surface area contributed by atoms with Gasteiger partial charge in [-0.15, -0.1) is 5.10 Å². The lowest BCUT2D eigenvalue weighted by Gasteiger charge is -2.05. The largest absolute Gasteiger partial charge is 0.484 e. The van der Waals surface area contributed by atoms with E-state index >= 15 is 0 Å². The highest BCUT2D eigenvalue weighted by Crippen LogP contribution is 2.16. The van der Waals surface area contributed by atoms with Gasteiger partial charge in [-0.05, 0) is 36.8 Å². The summed E-state index contributed by atoms with van der Waals surface area (Å²) < 4.78 is 10.8. The van der Waals surface area contributed by atoms with E-state index in [2.05, 4.69) is 15.5 Å². The molecule has 0 aliphatic rings. The molecule has 128 valence electrons. The van der Waals surface area contributed by atoms with Crippen molar-refractivity contribution in [3.05, 3.63) is 70.6 Å². The Bertz CT molecular complexity index is 845. The maximum atomic E-state index is 11.9. The fourth-order valence-electron chi connectivity index (χ4n) is 2.09. The van der Waals surface area contributed by atoms with E-state index in [1.807, 2.05) is 31.2 Å². The van der Waals surface area contributed by atoms with E-state index in [9.17, 15) is 4.79 Å². The lowest BCUT2D eigenvalue weighted by molar-refractivity contribution is -0.118. The molecule has 3 aromatic rings. The minimum atomic E-state index is -0.388. The molecule has 0 fully saturated rings. The molecular weight excluding hydrogens is 342 g/mol. The van der Waals surface area contributed by atoms with Crippen LogP contribution in [-0.4, -0.2) is 22.7 Å². The zero-order valence-electron chi connectivity index (χ0n) is 13.5. The average Bonchev–Trinajstić information content (AvgIpc) is 3.03. The molecule has 1 amide bonds. The molecule has 2 aromatic carbocycles. The number of benzene rings is 2. The number of aryl methyl sites for hydroxylation is 1. The monoisotopic (exact) mass is 357 g/mol. The minimum absolute atomic E-state index is 0.0480. The van der Waals surface area contributed by atoms with Crippen LogP contribution < -0.4 is 10.1 Å². The molecule has 0 aliphatic carbocycles. The van der Waals surface area contributed by atoms with Crippen LogP contribution in [0.3, 0.4) is 0 Å². The number of nitrogens with zero attached hydrogens (tertiary/aromatic N) is 2. The van der Waals surface area contributed by atoms with Crippen molar-refractivity contribution in [2.75, 3.05) is 11.9 Å². The van der Waals surface area contributed by atoms with Gasteiger partial charge in [0.2, 0.25) is 5.89 Å². The van der Waals surface area contributed by atoms with Gasteiger partial charge < -0.3 is 9.15 Å². The lowest BCUT2D eigenvalue weighted by Crippen LogP contribution is -2.20. The van der Waals surface area contributed by atoms with Gasteiger partial charge in [0.1, 0.15) is 5.75 Å². The molecule has 1 aromatic heterocycles. The highest BCUT2D eigenvalue weighted by Gasteiger charge is 2.11. The second-order valence-electron chi connectivity index (χ2n) is 5.45. The topological polar surface area (TPSA) is 77.2 Å². The van der Waals surface area contributed by atoms with Crippen molar-refractivity contribution in [3.8, 4) is 5.75 Å². The standard InChI is InChI=1S/C18H16ClN3O3/c1-12-2-4-13(5-3-12)10-17-21-22-18(25-17)20-16(23)11-24-15-8-6-14(19)7-9-15/h2-9H,10-11H2,1H3,(H,20,22,23). The number of amides is 1. The number of carbonyl (C=O) groups is 1. The number of hydrogen-bond donors (Lipinski definition) is 1. The van der Waals surface area contributed by atoms with E-state index in [1.165, 1.54) is 5.56 Å². The molecule has 0 aliphatic heterocycles. The van der Waals surface area contributed by atoms with Gasteiger partial charge in [0, 0.05) is 5.02 Å². The fraction of sp³-hybridized carbons (Fsp3) is 0.167. The first kappa shape index (κ1) is 17.0. The van der Waals surface area contributed by atoms with Crippen molar-refractivity contribution in [2.45, 2.75) is 13.3 Å². The molecular formula is C18H16ClN3O3. The van der Waals surface area contributed by atoms with Crippen LogP contribution in [0.15, 0.2) is 52.9 Å². The maximum absolute atomic E-state index is 11.9. The summed E-state index contributed by atoms with van der Waals surface area (Å²) in [5.41, 5.74) is 2.24. The summed E-state index contributed by atoms with van der Waals surface area (Å²) in [6, 6.07) is 14.8. The van der Waals surface area contributed by atoms with Crippen molar-refractivity contribution in [3.63, 3.8) is 0 Å². The van der Waals surface area contributed by atoms with Gasteiger partial charge in [-0.2, -0.15) is 0 Å². The van der Waals surface area contributed by atoms with Crippen LogP contribution in [0, 0.1) is 6.92 Å². The second-order valence-corrected chi connectivity index (χ2v) is 5.89. The van der Waals surface area contributed by atoms with Gasteiger partial charge in [-0.3, -0.25) is 10.1 Å². The molecule has 0 saturated heterocycles. The average molecular weight is 358 g/mol. The van der Waals surface area contributed by atoms with E-state index in [1.54, 1.807) is 24.3 Å². The van der Waals surface area contributed by atoms with Gasteiger partial charge >= 0.3 is 6.01 Å². The van der Waals surface area contributed by atoms with Crippen LogP contribution in [0.25, 0.3) is 0 Å². The quantitative estimate of drug-likeness (QED) is 0.728. The van der Waals surface area contributed by atoms with Gasteiger partial charge in [-0.25, -0.2) is 0 Å². The fourth-order valence-corrected chi connectivity index (χ4v) is 2.22. The predicted octanol–water partition coefficient (Wildman–Crippen LogP) is 3.64. The molecule has 1 heterocycles. The number of ether oxygens (including phenoxy) is 1. The number of hydrogen-bond acceptors (Lipinski definition) is 5. The molecule has 0 atom stereocenters. The molecule has 7 heteroatoms. The molecule has 25 heavy (non-hydrogen) atoms. The van der Waals surface area contributed by atoms with Gasteiger partial charge in [0.15, 0.2) is 6.61 Å². The Morgan fingerprint density at radius 2 is 1.84 bits per heavy atom. The SMILES string of the molecule is Cc1ccc(Cc2nnc(NC(=O)COc3ccc(Cl)cc3)o2)cc1. The molecule has 0 bridgehead atoms. The zero-order chi connectivity index (χ0) is 17.6. The number of aromatic nitrogens is 2. The van der Waals surface area contributed by atoms with E-state index < -0.39 is 0 Å². The van der Waals surface area contributed by atoms with E-state index in [4.69, 9.17) is 20.8 Å². The number of halogens is 1. The third-order valence-electron chi connectivity index (χ3n) is 3.37. The smallest absolute Gasteiger partial charge is 0.322 e. The van der Waals surface area contributed by atoms with Gasteiger partial charge in [0.05, 0.1) is 6.42 Å². The van der Waals surface area contributed by atoms with Gasteiger partial charge in [-0.1, -0.05) is 46.5 Å². The van der Waals surface area contributed by atoms with Crippen LogP contribution >= 0.6 is 11.6 Å². The highest BCUT2D eigenvalue weighted by molar-refractivity contribution is 6.30. The first-order valence-corrected chi connectivity index (χ1v) is 8.02. The normalized spacial score (nSPS) is 10.5. The number of anilines is 1. The second kappa shape index (κ2) is 7.81. The summed E-state index contributed by atoms with van der Waals surface area (Å²) in [6.07, 6.45) is 0.504. The highest BCUT2D eigenvalue weighted by atomic mass is 35.5. The van der Waals surface area contributed by atoms with Crippen LogP contribution in [0.5, 0.6) is 5.75 Å². The Kier molecular flexibility index (Phi) is 5.30. The van der Waals surface area contributed by atoms with Crippen LogP contribution in [0.2, 0.25) is 5.02 Å². The Balaban J connectivity index is 1.51. The molecule has 1 N–H and O–H groups in total. The van der Waals surface area contributed by atoms with Crippen LogP contribution in [0.1, 0.15) is 17.0 Å². The number of rotatable bonds is 6. The Labute approximate surface area is 149 Å². The van der Waals surface area contributed by atoms with E-state index in [0.29, 0.717) is 23.1 Å². The number of nitrogens with one attached hydrogen (secondary N) is 1. The molecule has 0 saturated carbocycles. The summed E-state index contributed by atoms with van der Waals surface area (Å²) in [5, 5.41) is 10.9. The van der Waals surface area contributed by atoms with Crippen LogP contribution in [-0.2, 0) is 11.2 Å². The number of carbonyl (C=O) groups excluding carboxylic acids is 1. The zero-order valence-corrected chi connectivity index (χ0v) is 14.3. The van der Waals surface area contributed by atoms with Crippen molar-refractivity contribution < 1.29 is 13.9 Å². The summed E-state index contributed by atoms with van der Waals surface area (Å²) in [6.45, 7) is 1.85. The van der Waals surface area contributed by atoms with Gasteiger partial charge in [0.25, 0.3) is 5.91 Å². The van der Waals surface area contributed by atoms with E-state index in [-0.39, 0.29) is 18.5 Å². The minimum Gasteiger partial charge on any atom is -0.484 e. The van der Waals surface area contributed by atoms with E-state index in [0.717, 1.165) is 5.56 Å². The first-order valence-electron chi connectivity index (χ1n) is 7.64. The Hall–Kier alpha value is -2.86. The van der Waals surface area contributed by atoms with Crippen molar-refractivity contribution in [1.82, 2.24) is 10.2 Å². The molecule has 3 rings (SSSR count). The molecule has 0 radical (unpaired) electrons. The maximum Gasteiger partial charge on any atom is 0.322 e. The van der Waals surface area contributed by atoms with Crippen molar-refractivity contribution in [1.29, 1.82) is 0 Å². The Morgan fingerprint density at radius 1 is 1.12 bits per heavy atom. The summed E-state index contributed by atoms with van der Waals surface area (Å²) >= 11 is 5.79. The summed E-state index contributed by atoms with van der Waals surface area (Å²) in [7, 11) is 0. The molecule has 0 unspecified atom stereocenters. The summed E-state index contributed by atoms with van der Waals surface area (Å²) in [4.78, 5) is 11.9. The molecule has 0 spiro atoms. The van der Waals surface area contributed by atoms with Crippen molar-refractivity contribution in [2.24, 2.45) is 0 Å². The van der Waals surface area contributed by atoms with Crippen LogP contribution in [0.4, 0.5) is 6.01 Å². The van der Waals surface area contributed by atoms with Crippen molar-refractivity contribution >= 4 is 23.5 Å².